The molecule has 1 aliphatic heterocycles. The van der Waals surface area contributed by atoms with Gasteiger partial charge in [-0.3, -0.25) is 9.78 Å². The Morgan fingerprint density at radius 1 is 1.03 bits per heavy atom. The minimum absolute atomic E-state index is 0.130. The fourth-order valence-corrected chi connectivity index (χ4v) is 4.62. The number of rotatable bonds is 6. The molecular formula is C26H30N4O2. The Hall–Kier alpha value is -3.41. The first-order valence-electron chi connectivity index (χ1n) is 11.3. The van der Waals surface area contributed by atoms with E-state index in [9.17, 15) is 9.90 Å². The molecule has 6 nitrogen and oxygen atoms in total. The van der Waals surface area contributed by atoms with Crippen LogP contribution in [0, 0.1) is 5.92 Å². The highest BCUT2D eigenvalue weighted by atomic mass is 16.3. The topological polar surface area (TPSA) is 69.6 Å². The highest BCUT2D eigenvalue weighted by Crippen LogP contribution is 2.37. The van der Waals surface area contributed by atoms with E-state index in [-0.39, 0.29) is 23.5 Å². The Kier molecular flexibility index (Phi) is 6.69. The number of amides is 1. The Bertz CT molecular complexity index is 1050. The van der Waals surface area contributed by atoms with Crippen molar-refractivity contribution in [2.75, 3.05) is 31.1 Å². The average Bonchev–Trinajstić information content (AvgIpc) is 2.85. The average molecular weight is 431 g/mol. The molecule has 0 radical (unpaired) electrons. The van der Waals surface area contributed by atoms with E-state index in [0.717, 1.165) is 35.6 Å². The van der Waals surface area contributed by atoms with Crippen LogP contribution in [0.25, 0.3) is 11.1 Å². The van der Waals surface area contributed by atoms with Gasteiger partial charge in [-0.1, -0.05) is 18.2 Å². The lowest BCUT2D eigenvalue weighted by Crippen LogP contribution is -2.47. The summed E-state index contributed by atoms with van der Waals surface area (Å²) in [6, 6.07) is 17.1. The van der Waals surface area contributed by atoms with E-state index in [2.05, 4.69) is 9.88 Å². The van der Waals surface area contributed by atoms with Crippen LogP contribution in [-0.4, -0.2) is 52.1 Å². The number of hydrogen-bond acceptors (Lipinski definition) is 5. The molecular weight excluding hydrogens is 400 g/mol. The van der Waals surface area contributed by atoms with Crippen LogP contribution in [0.4, 0.5) is 5.82 Å². The second-order valence-corrected chi connectivity index (χ2v) is 8.22. The highest BCUT2D eigenvalue weighted by molar-refractivity contribution is 5.81. The van der Waals surface area contributed by atoms with Crippen molar-refractivity contribution in [3.05, 3.63) is 72.7 Å². The standard InChI is InChI=1S/C26H30N4O2/c1-3-29(4-2)26(32)21-15-20(24-12-5-6-13-27-24)17-30(18-21)25-23(11-8-14-28-25)19-9-7-10-22(31)16-19/h5-14,16,20-21,31H,3-4,15,17-18H2,1-2H3. The molecule has 32 heavy (non-hydrogen) atoms. The third-order valence-corrected chi connectivity index (χ3v) is 6.22. The van der Waals surface area contributed by atoms with E-state index in [0.29, 0.717) is 19.6 Å². The normalized spacial score (nSPS) is 18.4. The Labute approximate surface area is 189 Å². The fourth-order valence-electron chi connectivity index (χ4n) is 4.62. The van der Waals surface area contributed by atoms with Crippen LogP contribution >= 0.6 is 0 Å². The van der Waals surface area contributed by atoms with Crippen LogP contribution in [0.3, 0.4) is 0 Å². The summed E-state index contributed by atoms with van der Waals surface area (Å²) < 4.78 is 0. The quantitative estimate of drug-likeness (QED) is 0.630. The maximum Gasteiger partial charge on any atom is 0.227 e. The molecule has 2 aromatic heterocycles. The van der Waals surface area contributed by atoms with Gasteiger partial charge in [-0.15, -0.1) is 0 Å². The number of piperidine rings is 1. The zero-order valence-electron chi connectivity index (χ0n) is 18.7. The largest absolute Gasteiger partial charge is 0.508 e. The first-order valence-corrected chi connectivity index (χ1v) is 11.3. The number of nitrogens with zero attached hydrogens (tertiary/aromatic N) is 4. The molecule has 1 fully saturated rings. The summed E-state index contributed by atoms with van der Waals surface area (Å²) >= 11 is 0. The first-order chi connectivity index (χ1) is 15.6. The molecule has 4 rings (SSSR count). The number of phenols is 1. The van der Waals surface area contributed by atoms with Crippen molar-refractivity contribution in [3.8, 4) is 16.9 Å². The lowest BCUT2D eigenvalue weighted by atomic mass is 9.85. The third-order valence-electron chi connectivity index (χ3n) is 6.22. The number of anilines is 1. The molecule has 0 spiro atoms. The van der Waals surface area contributed by atoms with Crippen LogP contribution in [0.15, 0.2) is 67.0 Å². The van der Waals surface area contributed by atoms with Crippen molar-refractivity contribution in [3.63, 3.8) is 0 Å². The van der Waals surface area contributed by atoms with Gasteiger partial charge in [0.2, 0.25) is 5.91 Å². The molecule has 6 heteroatoms. The van der Waals surface area contributed by atoms with Gasteiger partial charge in [-0.2, -0.15) is 0 Å². The van der Waals surface area contributed by atoms with Gasteiger partial charge in [0.1, 0.15) is 11.6 Å². The number of aromatic nitrogens is 2. The number of carbonyl (C=O) groups excluding carboxylic acids is 1. The van der Waals surface area contributed by atoms with Crippen molar-refractivity contribution >= 4 is 11.7 Å². The number of pyridine rings is 2. The van der Waals surface area contributed by atoms with Gasteiger partial charge in [0.05, 0.1) is 5.92 Å². The van der Waals surface area contributed by atoms with Crippen molar-refractivity contribution < 1.29 is 9.90 Å². The van der Waals surface area contributed by atoms with Crippen molar-refractivity contribution in [1.82, 2.24) is 14.9 Å². The van der Waals surface area contributed by atoms with Gasteiger partial charge >= 0.3 is 0 Å². The summed E-state index contributed by atoms with van der Waals surface area (Å²) in [4.78, 5) is 26.8. The van der Waals surface area contributed by atoms with Crippen molar-refractivity contribution in [2.24, 2.45) is 5.92 Å². The van der Waals surface area contributed by atoms with Crippen molar-refractivity contribution in [2.45, 2.75) is 26.2 Å². The first kappa shape index (κ1) is 21.8. The summed E-state index contributed by atoms with van der Waals surface area (Å²) in [6.45, 7) is 6.81. The van der Waals surface area contributed by atoms with E-state index in [1.54, 1.807) is 18.3 Å². The summed E-state index contributed by atoms with van der Waals surface area (Å²) in [5.74, 6) is 1.24. The van der Waals surface area contributed by atoms with E-state index in [4.69, 9.17) is 4.98 Å². The van der Waals surface area contributed by atoms with Crippen LogP contribution in [-0.2, 0) is 4.79 Å². The molecule has 2 atom stereocenters. The van der Waals surface area contributed by atoms with Gasteiger partial charge in [0.25, 0.3) is 0 Å². The number of hydrogen-bond donors (Lipinski definition) is 1. The predicted octanol–water partition coefficient (Wildman–Crippen LogP) is 4.33. The number of carbonyl (C=O) groups is 1. The minimum atomic E-state index is -0.130. The van der Waals surface area contributed by atoms with E-state index in [1.165, 1.54) is 0 Å². The molecule has 3 aromatic rings. The van der Waals surface area contributed by atoms with E-state index in [1.807, 2.05) is 67.4 Å². The molecule has 1 N–H and O–H groups in total. The predicted molar refractivity (Wildman–Crippen MR) is 127 cm³/mol. The van der Waals surface area contributed by atoms with Gasteiger partial charge in [-0.25, -0.2) is 4.98 Å². The molecule has 2 unspecified atom stereocenters. The van der Waals surface area contributed by atoms with Gasteiger partial charge in [0.15, 0.2) is 0 Å². The molecule has 0 aliphatic carbocycles. The summed E-state index contributed by atoms with van der Waals surface area (Å²) in [5.41, 5.74) is 2.85. The monoisotopic (exact) mass is 430 g/mol. The summed E-state index contributed by atoms with van der Waals surface area (Å²) in [7, 11) is 0. The van der Waals surface area contributed by atoms with Gasteiger partial charge in [-0.05, 0) is 62.2 Å². The molecule has 1 saturated heterocycles. The van der Waals surface area contributed by atoms with Gasteiger partial charge < -0.3 is 14.9 Å². The number of phenolic OH excluding ortho intramolecular Hbond substituents is 1. The third kappa shape index (κ3) is 4.59. The highest BCUT2D eigenvalue weighted by Gasteiger charge is 2.35. The second kappa shape index (κ2) is 9.81. The zero-order chi connectivity index (χ0) is 22.5. The SMILES string of the molecule is CCN(CC)C(=O)C1CC(c2ccccn2)CN(c2ncccc2-c2cccc(O)c2)C1. The summed E-state index contributed by atoms with van der Waals surface area (Å²) in [5, 5.41) is 10.0. The lowest BCUT2D eigenvalue weighted by Gasteiger charge is -2.40. The minimum Gasteiger partial charge on any atom is -0.508 e. The Morgan fingerprint density at radius 2 is 1.84 bits per heavy atom. The molecule has 3 heterocycles. The van der Waals surface area contributed by atoms with Crippen LogP contribution in [0.1, 0.15) is 31.9 Å². The fraction of sp³-hybridized carbons (Fsp3) is 0.346. The van der Waals surface area contributed by atoms with E-state index >= 15 is 0 Å². The Morgan fingerprint density at radius 3 is 2.56 bits per heavy atom. The van der Waals surface area contributed by atoms with Crippen LogP contribution in [0.2, 0.25) is 0 Å². The second-order valence-electron chi connectivity index (χ2n) is 8.22. The lowest BCUT2D eigenvalue weighted by molar-refractivity contribution is -0.135. The van der Waals surface area contributed by atoms with Crippen LogP contribution in [0.5, 0.6) is 5.75 Å². The van der Waals surface area contributed by atoms with E-state index < -0.39 is 0 Å². The molecule has 1 aliphatic rings. The smallest absolute Gasteiger partial charge is 0.227 e. The molecule has 166 valence electrons. The summed E-state index contributed by atoms with van der Waals surface area (Å²) in [6.07, 6.45) is 4.37. The van der Waals surface area contributed by atoms with Gasteiger partial charge in [0, 0.05) is 55.7 Å². The number of benzene rings is 1. The van der Waals surface area contributed by atoms with Crippen LogP contribution < -0.4 is 4.90 Å². The maximum atomic E-state index is 13.3. The van der Waals surface area contributed by atoms with Crippen molar-refractivity contribution in [1.29, 1.82) is 0 Å². The Balaban J connectivity index is 1.72. The molecule has 1 amide bonds. The molecule has 0 saturated carbocycles. The zero-order valence-corrected chi connectivity index (χ0v) is 18.7. The molecule has 0 bridgehead atoms. The number of aromatic hydroxyl groups is 1. The maximum absolute atomic E-state index is 13.3. The molecule has 1 aromatic carbocycles.